The molecule has 0 heterocycles. The molecule has 1 aliphatic carbocycles. The second kappa shape index (κ2) is 7.34. The lowest BCUT2D eigenvalue weighted by atomic mass is 9.82. The van der Waals surface area contributed by atoms with Crippen LogP contribution in [0, 0.1) is 5.82 Å². The van der Waals surface area contributed by atoms with Crippen molar-refractivity contribution < 1.29 is 22.3 Å². The van der Waals surface area contributed by atoms with Gasteiger partial charge in [-0.25, -0.2) is 4.39 Å². The summed E-state index contributed by atoms with van der Waals surface area (Å²) in [5.41, 5.74) is 8.18. The number of hydrogen-bond donors (Lipinski definition) is 1. The van der Waals surface area contributed by atoms with E-state index in [-0.39, 0.29) is 23.0 Å². The van der Waals surface area contributed by atoms with Crippen LogP contribution in [0.3, 0.4) is 0 Å². The van der Waals surface area contributed by atoms with E-state index in [9.17, 15) is 17.6 Å². The molecule has 0 spiro atoms. The molecule has 3 aromatic rings. The normalized spacial score (nSPS) is 16.6. The van der Waals surface area contributed by atoms with E-state index in [1.807, 2.05) is 24.3 Å². The first-order valence-electron chi connectivity index (χ1n) is 9.50. The molecule has 1 aliphatic rings. The molecule has 2 nitrogen and oxygen atoms in total. The first-order chi connectivity index (χ1) is 13.8. The molecule has 0 bridgehead atoms. The molecule has 1 atom stereocenters. The maximum absolute atomic E-state index is 13.8. The van der Waals surface area contributed by atoms with Crippen molar-refractivity contribution in [1.29, 1.82) is 0 Å². The van der Waals surface area contributed by atoms with Gasteiger partial charge in [0, 0.05) is 11.5 Å². The van der Waals surface area contributed by atoms with Crippen LogP contribution >= 0.6 is 0 Å². The molecule has 3 aromatic carbocycles. The van der Waals surface area contributed by atoms with E-state index in [0.29, 0.717) is 6.42 Å². The predicted molar refractivity (Wildman–Crippen MR) is 104 cm³/mol. The van der Waals surface area contributed by atoms with Gasteiger partial charge in [-0.05, 0) is 65.4 Å². The van der Waals surface area contributed by atoms with Gasteiger partial charge in [-0.2, -0.15) is 13.2 Å². The zero-order valence-corrected chi connectivity index (χ0v) is 15.7. The van der Waals surface area contributed by atoms with Crippen molar-refractivity contribution in [2.45, 2.75) is 36.9 Å². The van der Waals surface area contributed by atoms with Gasteiger partial charge in [0.2, 0.25) is 0 Å². The number of halogens is 4. The standard InChI is InChI=1S/C23H21F4NO/c24-17-8-7-16-4-2-6-20(19(16)13-17)22(9-10-22)21(28)12-15-3-1-5-18(11-15)29-14-23(25,26)27/h1-8,11,13,21H,9-10,12,14,28H2. The Morgan fingerprint density at radius 2 is 1.76 bits per heavy atom. The molecule has 0 aromatic heterocycles. The molecule has 6 heteroatoms. The Kier molecular flexibility index (Phi) is 4.99. The Morgan fingerprint density at radius 3 is 2.48 bits per heavy atom. The lowest BCUT2D eigenvalue weighted by Gasteiger charge is -2.26. The monoisotopic (exact) mass is 403 g/mol. The zero-order chi connectivity index (χ0) is 20.6. The first-order valence-corrected chi connectivity index (χ1v) is 9.50. The third-order valence-corrected chi connectivity index (χ3v) is 5.64. The highest BCUT2D eigenvalue weighted by molar-refractivity contribution is 5.87. The SMILES string of the molecule is NC(Cc1cccc(OCC(F)(F)F)c1)C1(c2cccc3ccc(F)cc23)CC1. The van der Waals surface area contributed by atoms with Gasteiger partial charge in [0.1, 0.15) is 11.6 Å². The Balaban J connectivity index is 1.56. The maximum atomic E-state index is 13.8. The van der Waals surface area contributed by atoms with Crippen LogP contribution in [0.2, 0.25) is 0 Å². The number of ether oxygens (including phenoxy) is 1. The minimum Gasteiger partial charge on any atom is -0.484 e. The van der Waals surface area contributed by atoms with Crippen LogP contribution in [-0.2, 0) is 11.8 Å². The lowest BCUT2D eigenvalue weighted by molar-refractivity contribution is -0.153. The Bertz CT molecular complexity index is 1030. The Labute approximate surface area is 166 Å². The number of hydrogen-bond acceptors (Lipinski definition) is 2. The molecule has 1 saturated carbocycles. The third kappa shape index (κ3) is 4.22. The van der Waals surface area contributed by atoms with E-state index in [2.05, 4.69) is 0 Å². The fraction of sp³-hybridized carbons (Fsp3) is 0.304. The van der Waals surface area contributed by atoms with Crippen LogP contribution in [0.5, 0.6) is 5.75 Å². The molecule has 1 fully saturated rings. The van der Waals surface area contributed by atoms with Gasteiger partial charge in [-0.1, -0.05) is 36.4 Å². The second-order valence-corrected chi connectivity index (χ2v) is 7.69. The van der Waals surface area contributed by atoms with Crippen LogP contribution in [0.4, 0.5) is 17.6 Å². The number of fused-ring (bicyclic) bond motifs is 1. The zero-order valence-electron chi connectivity index (χ0n) is 15.7. The van der Waals surface area contributed by atoms with Crippen LogP contribution < -0.4 is 10.5 Å². The molecular formula is C23H21F4NO. The third-order valence-electron chi connectivity index (χ3n) is 5.64. The van der Waals surface area contributed by atoms with Gasteiger partial charge < -0.3 is 10.5 Å². The first kappa shape index (κ1) is 19.7. The summed E-state index contributed by atoms with van der Waals surface area (Å²) in [6.07, 6.45) is -2.09. The smallest absolute Gasteiger partial charge is 0.422 e. The highest BCUT2D eigenvalue weighted by Gasteiger charge is 2.49. The molecule has 1 unspecified atom stereocenters. The van der Waals surface area contributed by atoms with Crippen molar-refractivity contribution in [3.8, 4) is 5.75 Å². The summed E-state index contributed by atoms with van der Waals surface area (Å²) < 4.78 is 55.9. The van der Waals surface area contributed by atoms with Gasteiger partial charge in [0.05, 0.1) is 0 Å². The van der Waals surface area contributed by atoms with Gasteiger partial charge in [-0.3, -0.25) is 0 Å². The summed E-state index contributed by atoms with van der Waals surface area (Å²) in [6.45, 7) is -1.33. The quantitative estimate of drug-likeness (QED) is 0.550. The van der Waals surface area contributed by atoms with Crippen LogP contribution in [0.25, 0.3) is 10.8 Å². The molecular weight excluding hydrogens is 382 g/mol. The van der Waals surface area contributed by atoms with Crippen molar-refractivity contribution in [3.63, 3.8) is 0 Å². The maximum Gasteiger partial charge on any atom is 0.422 e. The molecule has 2 N–H and O–H groups in total. The van der Waals surface area contributed by atoms with Crippen molar-refractivity contribution in [3.05, 3.63) is 77.6 Å². The number of rotatable bonds is 6. The average molecular weight is 403 g/mol. The summed E-state index contributed by atoms with van der Waals surface area (Å²) in [4.78, 5) is 0. The van der Waals surface area contributed by atoms with Crippen LogP contribution in [-0.4, -0.2) is 18.8 Å². The topological polar surface area (TPSA) is 35.2 Å². The van der Waals surface area contributed by atoms with E-state index >= 15 is 0 Å². The summed E-state index contributed by atoms with van der Waals surface area (Å²) in [5.74, 6) is -0.118. The fourth-order valence-electron chi connectivity index (χ4n) is 4.03. The van der Waals surface area contributed by atoms with Gasteiger partial charge in [-0.15, -0.1) is 0 Å². The number of nitrogens with two attached hydrogens (primary N) is 1. The van der Waals surface area contributed by atoms with Crippen LogP contribution in [0.1, 0.15) is 24.0 Å². The van der Waals surface area contributed by atoms with E-state index in [4.69, 9.17) is 10.5 Å². The van der Waals surface area contributed by atoms with E-state index < -0.39 is 12.8 Å². The molecule has 0 radical (unpaired) electrons. The average Bonchev–Trinajstić information content (AvgIpc) is 3.47. The van der Waals surface area contributed by atoms with Gasteiger partial charge in [0.15, 0.2) is 6.61 Å². The molecule has 0 amide bonds. The largest absolute Gasteiger partial charge is 0.484 e. The number of alkyl halides is 3. The molecule has 29 heavy (non-hydrogen) atoms. The molecule has 4 rings (SSSR count). The fourth-order valence-corrected chi connectivity index (χ4v) is 4.03. The number of benzene rings is 3. The van der Waals surface area contributed by atoms with E-state index in [1.165, 1.54) is 12.1 Å². The van der Waals surface area contributed by atoms with E-state index in [0.717, 1.165) is 34.7 Å². The second-order valence-electron chi connectivity index (χ2n) is 7.69. The summed E-state index contributed by atoms with van der Waals surface area (Å²) in [5, 5.41) is 1.83. The van der Waals surface area contributed by atoms with Crippen molar-refractivity contribution in [2.24, 2.45) is 5.73 Å². The highest BCUT2D eigenvalue weighted by Crippen LogP contribution is 2.53. The molecule has 152 valence electrons. The van der Waals surface area contributed by atoms with E-state index in [1.54, 1.807) is 24.3 Å². The predicted octanol–water partition coefficient (Wildman–Crippen LogP) is 5.52. The van der Waals surface area contributed by atoms with Gasteiger partial charge >= 0.3 is 6.18 Å². The summed E-state index contributed by atoms with van der Waals surface area (Å²) in [7, 11) is 0. The molecule has 0 aliphatic heterocycles. The highest BCUT2D eigenvalue weighted by atomic mass is 19.4. The minimum absolute atomic E-state index is 0.170. The molecule has 0 saturated heterocycles. The minimum atomic E-state index is -4.38. The Hall–Kier alpha value is -2.60. The van der Waals surface area contributed by atoms with Crippen molar-refractivity contribution in [1.82, 2.24) is 0 Å². The summed E-state index contributed by atoms with van der Waals surface area (Å²) >= 11 is 0. The summed E-state index contributed by atoms with van der Waals surface area (Å²) in [6, 6.07) is 17.0. The van der Waals surface area contributed by atoms with Crippen molar-refractivity contribution >= 4 is 10.8 Å². The van der Waals surface area contributed by atoms with Crippen molar-refractivity contribution in [2.75, 3.05) is 6.61 Å². The Morgan fingerprint density at radius 1 is 1.00 bits per heavy atom. The van der Waals surface area contributed by atoms with Crippen LogP contribution in [0.15, 0.2) is 60.7 Å². The van der Waals surface area contributed by atoms with Gasteiger partial charge in [0.25, 0.3) is 0 Å². The lowest BCUT2D eigenvalue weighted by Crippen LogP contribution is -2.37.